The van der Waals surface area contributed by atoms with Crippen LogP contribution < -0.4 is 9.47 Å². The Morgan fingerprint density at radius 3 is 0.754 bits per heavy atom. The number of methoxy groups -OCH3 is 2. The normalized spacial score (nSPS) is 11.8. The molecule has 0 saturated carbocycles. The zero-order valence-corrected chi connectivity index (χ0v) is 36.2. The van der Waals surface area contributed by atoms with E-state index in [4.69, 9.17) is 114 Å². The van der Waals surface area contributed by atoms with Gasteiger partial charge in [-0.3, -0.25) is 0 Å². The van der Waals surface area contributed by atoms with Crippen LogP contribution in [0.15, 0.2) is 18.2 Å². The number of hydrogen-bond donors (Lipinski definition) is 0. The maximum Gasteiger partial charge on any atom is 0.152 e. The molecule has 1 aromatic rings. The van der Waals surface area contributed by atoms with Crippen LogP contribution in [0.3, 0.4) is 0 Å². The average Bonchev–Trinajstić information content (AvgIpc) is 3.23. The summed E-state index contributed by atoms with van der Waals surface area (Å²) >= 11 is 0. The van der Waals surface area contributed by atoms with Crippen molar-refractivity contribution >= 4 is 0 Å². The fourth-order valence-electron chi connectivity index (χ4n) is 3.91. The van der Waals surface area contributed by atoms with Crippen molar-refractivity contribution in [2.24, 2.45) is 5.41 Å². The van der Waals surface area contributed by atoms with E-state index in [0.717, 1.165) is 12.0 Å². The van der Waals surface area contributed by atoms with Crippen LogP contribution in [0.1, 0.15) is 26.3 Å². The molecule has 0 N–H and O–H groups in total. The smallest absolute Gasteiger partial charge is 0.152 e. The first-order valence-electron chi connectivity index (χ1n) is 18.9. The highest BCUT2D eigenvalue weighted by atomic mass is 16.9. The Labute approximate surface area is 357 Å². The first-order valence-corrected chi connectivity index (χ1v) is 18.9. The first-order chi connectivity index (χ1) is 29.9. The van der Waals surface area contributed by atoms with Gasteiger partial charge in [0, 0.05) is 20.3 Å². The summed E-state index contributed by atoms with van der Waals surface area (Å²) in [5.74, 6) is 1.32. The molecule has 0 unspecified atom stereocenters. The van der Waals surface area contributed by atoms with Crippen LogP contribution in [-0.2, 0) is 111 Å². The summed E-state index contributed by atoms with van der Waals surface area (Å²) in [6.45, 7) is 7.72. The van der Waals surface area contributed by atoms with Crippen molar-refractivity contribution in [3.8, 4) is 11.5 Å². The lowest BCUT2D eigenvalue weighted by Crippen LogP contribution is -2.14. The van der Waals surface area contributed by atoms with Crippen molar-refractivity contribution in [3.63, 3.8) is 0 Å². The quantitative estimate of drug-likeness (QED) is 0.0678. The van der Waals surface area contributed by atoms with Gasteiger partial charge in [0.25, 0.3) is 0 Å². The van der Waals surface area contributed by atoms with E-state index in [9.17, 15) is 0 Å². The summed E-state index contributed by atoms with van der Waals surface area (Å²) in [4.78, 5) is 0. The Kier molecular flexibility index (Phi) is 41.6. The molecule has 0 amide bonds. The van der Waals surface area contributed by atoms with Gasteiger partial charge in [-0.25, -0.2) is 0 Å². The summed E-state index contributed by atoms with van der Waals surface area (Å²) in [6.07, 6.45) is 0.826. The topological polar surface area (TPSA) is 222 Å². The highest BCUT2D eigenvalue weighted by Crippen LogP contribution is 2.28. The Hall–Kier alpha value is -2.06. The van der Waals surface area contributed by atoms with Crippen LogP contribution in [-0.4, -0.2) is 177 Å². The van der Waals surface area contributed by atoms with Crippen molar-refractivity contribution in [1.82, 2.24) is 0 Å². The summed E-state index contributed by atoms with van der Waals surface area (Å²) in [7, 11) is 3.03. The molecule has 0 spiro atoms. The van der Waals surface area contributed by atoms with Gasteiger partial charge in [0.1, 0.15) is 51.9 Å². The average molecular weight is 897 g/mol. The molecule has 0 radical (unpaired) electrons. The molecule has 1 rings (SSSR count). The molecule has 0 aromatic heterocycles. The molecule has 0 fully saturated rings. The summed E-state index contributed by atoms with van der Waals surface area (Å²) < 4.78 is 124. The number of hydrogen-bond acceptors (Lipinski definition) is 24. The van der Waals surface area contributed by atoms with E-state index in [2.05, 4.69) is 20.8 Å². The van der Waals surface area contributed by atoms with E-state index < -0.39 is 0 Å². The molecule has 0 aliphatic carbocycles. The lowest BCUT2D eigenvalue weighted by molar-refractivity contribution is -0.232. The van der Waals surface area contributed by atoms with E-state index in [1.807, 2.05) is 18.2 Å². The number of ether oxygens (including phenoxy) is 24. The maximum absolute atomic E-state index is 5.93. The van der Waals surface area contributed by atoms with E-state index in [1.165, 1.54) is 14.2 Å². The highest BCUT2D eigenvalue weighted by Gasteiger charge is 2.14. The molecule has 0 saturated heterocycles. The van der Waals surface area contributed by atoms with Crippen LogP contribution in [0.25, 0.3) is 0 Å². The fourth-order valence-corrected chi connectivity index (χ4v) is 3.91. The molecule has 24 heteroatoms. The molecule has 0 bridgehead atoms. The van der Waals surface area contributed by atoms with Gasteiger partial charge in [0.2, 0.25) is 0 Å². The Morgan fingerprint density at radius 2 is 0.525 bits per heavy atom. The minimum atomic E-state index is -0.0440. The first kappa shape index (κ1) is 57.0. The molecule has 0 atom stereocenters. The van der Waals surface area contributed by atoms with Gasteiger partial charge >= 0.3 is 0 Å². The van der Waals surface area contributed by atoms with Crippen molar-refractivity contribution < 1.29 is 114 Å². The molecule has 0 heterocycles. The van der Waals surface area contributed by atoms with Gasteiger partial charge in [-0.2, -0.15) is 0 Å². The zero-order chi connectivity index (χ0) is 44.0. The van der Waals surface area contributed by atoms with Gasteiger partial charge in [0.15, 0.2) is 109 Å². The molecule has 24 nitrogen and oxygen atoms in total. The van der Waals surface area contributed by atoms with Gasteiger partial charge < -0.3 is 114 Å². The molecule has 61 heavy (non-hydrogen) atoms. The predicted octanol–water partition coefficient (Wildman–Crippen LogP) is 2.81. The predicted molar refractivity (Wildman–Crippen MR) is 203 cm³/mol. The van der Waals surface area contributed by atoms with Crippen LogP contribution >= 0.6 is 0 Å². The zero-order valence-electron chi connectivity index (χ0n) is 36.2. The molecule has 0 aliphatic rings. The third-order valence-electron chi connectivity index (χ3n) is 6.07. The summed E-state index contributed by atoms with van der Waals surface area (Å²) in [5.41, 5.74) is 1.14. The van der Waals surface area contributed by atoms with Crippen molar-refractivity contribution in [2.45, 2.75) is 27.2 Å². The van der Waals surface area contributed by atoms with Crippen LogP contribution in [0.5, 0.6) is 11.5 Å². The largest absolute Gasteiger partial charge is 0.491 e. The Bertz CT molecular complexity index is 971. The van der Waals surface area contributed by atoms with Crippen LogP contribution in [0, 0.1) is 5.41 Å². The van der Waals surface area contributed by atoms with E-state index in [1.54, 1.807) is 0 Å². The standard InChI is InChI=1S/C37H68O24/c1-37(2,3)13-34-10-35(60-8-6-40-16-44-20-48-24-52-28-56-32-58-30-54-26-50-22-46-18-42-14-38-4)12-36(11-34)61-9-7-41-17-45-21-49-25-53-29-57-33-59-31-55-27-51-23-47-19-43-15-39-5/h10-12H,6-9,13-33H2,1-5H3. The third kappa shape index (κ3) is 43.0. The van der Waals surface area contributed by atoms with Gasteiger partial charge in [-0.05, 0) is 29.5 Å². The fraction of sp³-hybridized carbons (Fsp3) is 0.838. The second-order valence-electron chi connectivity index (χ2n) is 12.7. The summed E-state index contributed by atoms with van der Waals surface area (Å²) in [6, 6.07) is 5.80. The molecule has 360 valence electrons. The van der Waals surface area contributed by atoms with Gasteiger partial charge in [-0.15, -0.1) is 0 Å². The second-order valence-corrected chi connectivity index (χ2v) is 12.7. The molecular formula is C37H68O24. The SMILES string of the molecule is COCOCOCOCOCOCOCOCOCOCOCCOc1cc(CC(C)(C)C)cc(OCCOCOCOCOCOCOCOCOCOCOCOC)c1. The maximum atomic E-state index is 5.93. The van der Waals surface area contributed by atoms with E-state index in [0.29, 0.717) is 37.9 Å². The monoisotopic (exact) mass is 896 g/mol. The number of benzene rings is 1. The van der Waals surface area contributed by atoms with Crippen molar-refractivity contribution in [1.29, 1.82) is 0 Å². The lowest BCUT2D eigenvalue weighted by Gasteiger charge is -2.20. The third-order valence-corrected chi connectivity index (χ3v) is 6.07. The van der Waals surface area contributed by atoms with E-state index in [-0.39, 0.29) is 141 Å². The Balaban J connectivity index is 1.99. The number of rotatable bonds is 49. The Morgan fingerprint density at radius 1 is 0.295 bits per heavy atom. The van der Waals surface area contributed by atoms with Crippen LogP contribution in [0.4, 0.5) is 0 Å². The minimum absolute atomic E-state index is 0.0110. The van der Waals surface area contributed by atoms with Gasteiger partial charge in [-0.1, -0.05) is 20.8 Å². The molecule has 0 aliphatic heterocycles. The highest BCUT2D eigenvalue weighted by molar-refractivity contribution is 5.39. The lowest BCUT2D eigenvalue weighted by atomic mass is 9.88. The second kappa shape index (κ2) is 44.5. The van der Waals surface area contributed by atoms with E-state index >= 15 is 0 Å². The molecule has 1 aromatic carbocycles. The minimum Gasteiger partial charge on any atom is -0.491 e. The van der Waals surface area contributed by atoms with Crippen molar-refractivity contribution in [2.75, 3.05) is 177 Å². The van der Waals surface area contributed by atoms with Gasteiger partial charge in [0.05, 0.1) is 13.2 Å². The van der Waals surface area contributed by atoms with Crippen molar-refractivity contribution in [3.05, 3.63) is 23.8 Å². The van der Waals surface area contributed by atoms with Crippen LogP contribution in [0.2, 0.25) is 0 Å². The summed E-state index contributed by atoms with van der Waals surface area (Å²) in [5, 5.41) is 0. The molecular weight excluding hydrogens is 828 g/mol.